The van der Waals surface area contributed by atoms with E-state index in [-0.39, 0.29) is 6.04 Å². The summed E-state index contributed by atoms with van der Waals surface area (Å²) in [6, 6.07) is 8.11. The first-order valence-electron chi connectivity index (χ1n) is 7.43. The van der Waals surface area contributed by atoms with E-state index in [1.165, 1.54) is 30.8 Å². The third kappa shape index (κ3) is 3.89. The highest BCUT2D eigenvalue weighted by Gasteiger charge is 2.22. The van der Waals surface area contributed by atoms with Gasteiger partial charge in [0, 0.05) is 4.88 Å². The highest BCUT2D eigenvalue weighted by Crippen LogP contribution is 2.31. The van der Waals surface area contributed by atoms with E-state index in [2.05, 4.69) is 23.3 Å². The molecule has 0 radical (unpaired) electrons. The number of hydrogen-bond acceptors (Lipinski definition) is 4. The largest absolute Gasteiger partial charge is 0.467 e. The van der Waals surface area contributed by atoms with Crippen LogP contribution in [0.5, 0.6) is 0 Å². The van der Waals surface area contributed by atoms with Crippen LogP contribution in [0.25, 0.3) is 0 Å². The topological polar surface area (TPSA) is 28.4 Å². The normalized spacial score (nSPS) is 19.0. The SMILES string of the molecule is CN1CCC(CNC(c2ccco2)c2ccc(Cl)s2)CC1. The maximum atomic E-state index is 6.09. The van der Waals surface area contributed by atoms with Crippen molar-refractivity contribution in [2.75, 3.05) is 26.7 Å². The third-order valence-corrected chi connectivity index (χ3v) is 5.45. The zero-order valence-electron chi connectivity index (χ0n) is 12.2. The Kier molecular flexibility index (Phi) is 5.01. The lowest BCUT2D eigenvalue weighted by Crippen LogP contribution is -2.36. The van der Waals surface area contributed by atoms with Gasteiger partial charge in [-0.15, -0.1) is 11.3 Å². The second kappa shape index (κ2) is 6.97. The molecule has 0 saturated carbocycles. The standard InChI is InChI=1S/C16H21ClN2OS/c1-19-8-6-12(7-9-19)11-18-16(13-3-2-10-20-13)14-4-5-15(17)21-14/h2-5,10,12,16,18H,6-9,11H2,1H3. The average molecular weight is 325 g/mol. The molecule has 3 nitrogen and oxygen atoms in total. The van der Waals surface area contributed by atoms with E-state index < -0.39 is 0 Å². The molecular formula is C16H21ClN2OS. The maximum Gasteiger partial charge on any atom is 0.126 e. The molecule has 0 aromatic carbocycles. The molecule has 1 fully saturated rings. The zero-order chi connectivity index (χ0) is 14.7. The van der Waals surface area contributed by atoms with E-state index >= 15 is 0 Å². The molecule has 114 valence electrons. The summed E-state index contributed by atoms with van der Waals surface area (Å²) in [7, 11) is 2.20. The Hall–Kier alpha value is -0.810. The highest BCUT2D eigenvalue weighted by molar-refractivity contribution is 7.16. The Morgan fingerprint density at radius 1 is 1.38 bits per heavy atom. The predicted octanol–water partition coefficient (Wildman–Crippen LogP) is 4.02. The van der Waals surface area contributed by atoms with Gasteiger partial charge >= 0.3 is 0 Å². The summed E-state index contributed by atoms with van der Waals surface area (Å²) in [5.41, 5.74) is 0. The minimum absolute atomic E-state index is 0.108. The summed E-state index contributed by atoms with van der Waals surface area (Å²) in [6.07, 6.45) is 4.26. The molecule has 0 aliphatic carbocycles. The van der Waals surface area contributed by atoms with Crippen LogP contribution in [0.4, 0.5) is 0 Å². The second-order valence-corrected chi connectivity index (χ2v) is 7.49. The maximum absolute atomic E-state index is 6.09. The Labute approximate surface area is 134 Å². The van der Waals surface area contributed by atoms with Gasteiger partial charge in [-0.05, 0) is 69.7 Å². The molecule has 2 aromatic heterocycles. The van der Waals surface area contributed by atoms with Crippen LogP contribution in [-0.4, -0.2) is 31.6 Å². The third-order valence-electron chi connectivity index (χ3n) is 4.15. The van der Waals surface area contributed by atoms with Gasteiger partial charge < -0.3 is 14.6 Å². The van der Waals surface area contributed by atoms with Gasteiger partial charge in [-0.2, -0.15) is 0 Å². The Morgan fingerprint density at radius 2 is 2.19 bits per heavy atom. The molecule has 1 unspecified atom stereocenters. The van der Waals surface area contributed by atoms with Crippen LogP contribution in [0.15, 0.2) is 34.9 Å². The van der Waals surface area contributed by atoms with Gasteiger partial charge in [-0.1, -0.05) is 11.6 Å². The highest BCUT2D eigenvalue weighted by atomic mass is 35.5. The number of furan rings is 1. The average Bonchev–Trinajstić information content (AvgIpc) is 3.13. The molecule has 1 aliphatic heterocycles. The van der Waals surface area contributed by atoms with Crippen LogP contribution in [0, 0.1) is 5.92 Å². The molecule has 0 bridgehead atoms. The van der Waals surface area contributed by atoms with E-state index in [4.69, 9.17) is 16.0 Å². The molecule has 0 spiro atoms. The molecule has 3 rings (SSSR count). The number of halogens is 1. The van der Waals surface area contributed by atoms with Gasteiger partial charge in [0.1, 0.15) is 11.8 Å². The summed E-state index contributed by atoms with van der Waals surface area (Å²) >= 11 is 7.70. The van der Waals surface area contributed by atoms with Crippen molar-refractivity contribution in [1.82, 2.24) is 10.2 Å². The van der Waals surface area contributed by atoms with Crippen LogP contribution in [0.3, 0.4) is 0 Å². The fourth-order valence-corrected chi connectivity index (χ4v) is 3.98. The van der Waals surface area contributed by atoms with Crippen molar-refractivity contribution in [3.8, 4) is 0 Å². The molecular weight excluding hydrogens is 304 g/mol. The van der Waals surface area contributed by atoms with Crippen LogP contribution in [0.2, 0.25) is 4.34 Å². The minimum atomic E-state index is 0.108. The van der Waals surface area contributed by atoms with E-state index in [0.717, 1.165) is 22.6 Å². The van der Waals surface area contributed by atoms with Gasteiger partial charge in [-0.3, -0.25) is 0 Å². The monoisotopic (exact) mass is 324 g/mol. The number of likely N-dealkylation sites (tertiary alicyclic amines) is 1. The van der Waals surface area contributed by atoms with Gasteiger partial charge in [-0.25, -0.2) is 0 Å². The van der Waals surface area contributed by atoms with Crippen LogP contribution in [-0.2, 0) is 0 Å². The van der Waals surface area contributed by atoms with Crippen LogP contribution >= 0.6 is 22.9 Å². The van der Waals surface area contributed by atoms with Crippen molar-refractivity contribution >= 4 is 22.9 Å². The molecule has 2 aromatic rings. The molecule has 1 saturated heterocycles. The quantitative estimate of drug-likeness (QED) is 0.900. The number of hydrogen-bond donors (Lipinski definition) is 1. The lowest BCUT2D eigenvalue weighted by Gasteiger charge is -2.30. The fourth-order valence-electron chi connectivity index (χ4n) is 2.83. The molecule has 1 atom stereocenters. The van der Waals surface area contributed by atoms with E-state index in [1.807, 2.05) is 18.2 Å². The first-order chi connectivity index (χ1) is 10.2. The zero-order valence-corrected chi connectivity index (χ0v) is 13.8. The number of nitrogens with zero attached hydrogens (tertiary/aromatic N) is 1. The summed E-state index contributed by atoms with van der Waals surface area (Å²) in [5, 5.41) is 3.68. The first-order valence-corrected chi connectivity index (χ1v) is 8.62. The van der Waals surface area contributed by atoms with Crippen molar-refractivity contribution in [2.24, 2.45) is 5.92 Å². The Morgan fingerprint density at radius 3 is 2.81 bits per heavy atom. The van der Waals surface area contributed by atoms with Crippen molar-refractivity contribution in [1.29, 1.82) is 0 Å². The van der Waals surface area contributed by atoms with Gasteiger partial charge in [0.25, 0.3) is 0 Å². The predicted molar refractivity (Wildman–Crippen MR) is 88.1 cm³/mol. The Bertz CT molecular complexity index is 546. The second-order valence-electron chi connectivity index (χ2n) is 5.75. The lowest BCUT2D eigenvalue weighted by atomic mass is 9.96. The molecule has 21 heavy (non-hydrogen) atoms. The minimum Gasteiger partial charge on any atom is -0.467 e. The summed E-state index contributed by atoms with van der Waals surface area (Å²) < 4.78 is 6.43. The van der Waals surface area contributed by atoms with E-state index in [9.17, 15) is 0 Å². The molecule has 3 heterocycles. The number of thiophene rings is 1. The number of piperidine rings is 1. The summed E-state index contributed by atoms with van der Waals surface area (Å²) in [5.74, 6) is 1.70. The number of rotatable bonds is 5. The van der Waals surface area contributed by atoms with Crippen molar-refractivity contribution in [3.63, 3.8) is 0 Å². The Balaban J connectivity index is 1.66. The molecule has 5 heteroatoms. The van der Waals surface area contributed by atoms with Crippen molar-refractivity contribution in [3.05, 3.63) is 45.5 Å². The first kappa shape index (κ1) is 15.1. The fraction of sp³-hybridized carbons (Fsp3) is 0.500. The summed E-state index contributed by atoms with van der Waals surface area (Å²) in [4.78, 5) is 3.61. The lowest BCUT2D eigenvalue weighted by molar-refractivity contribution is 0.213. The van der Waals surface area contributed by atoms with Crippen LogP contribution < -0.4 is 5.32 Å². The van der Waals surface area contributed by atoms with Crippen LogP contribution in [0.1, 0.15) is 29.5 Å². The van der Waals surface area contributed by atoms with Gasteiger partial charge in [0.05, 0.1) is 10.6 Å². The smallest absolute Gasteiger partial charge is 0.126 e. The molecule has 1 N–H and O–H groups in total. The number of nitrogens with one attached hydrogen (secondary N) is 1. The van der Waals surface area contributed by atoms with Crippen molar-refractivity contribution < 1.29 is 4.42 Å². The summed E-state index contributed by atoms with van der Waals surface area (Å²) in [6.45, 7) is 3.42. The van der Waals surface area contributed by atoms with E-state index in [0.29, 0.717) is 0 Å². The van der Waals surface area contributed by atoms with E-state index in [1.54, 1.807) is 17.6 Å². The van der Waals surface area contributed by atoms with Crippen molar-refractivity contribution in [2.45, 2.75) is 18.9 Å². The van der Waals surface area contributed by atoms with Gasteiger partial charge in [0.15, 0.2) is 0 Å². The van der Waals surface area contributed by atoms with Gasteiger partial charge in [0.2, 0.25) is 0 Å². The molecule has 1 aliphatic rings. The molecule has 0 amide bonds.